The first-order valence-corrected chi connectivity index (χ1v) is 11.2. The Balaban J connectivity index is 1.56. The maximum atomic E-state index is 12.8. The minimum Gasteiger partial charge on any atom is -0.355 e. The van der Waals surface area contributed by atoms with Gasteiger partial charge in [0.2, 0.25) is 5.91 Å². The summed E-state index contributed by atoms with van der Waals surface area (Å²) < 4.78 is 38.4. The average Bonchev–Trinajstić information content (AvgIpc) is 2.79. The lowest BCUT2D eigenvalue weighted by Crippen LogP contribution is -2.38. The molecular formula is C23H26ClF3N4O2. The van der Waals surface area contributed by atoms with E-state index in [4.69, 9.17) is 11.6 Å². The second-order valence-corrected chi connectivity index (χ2v) is 8.24. The Kier molecular flexibility index (Phi) is 7.84. The molecule has 178 valence electrons. The number of halogens is 4. The van der Waals surface area contributed by atoms with Crippen molar-refractivity contribution in [2.45, 2.75) is 32.9 Å². The summed E-state index contributed by atoms with van der Waals surface area (Å²) in [6.07, 6.45) is -2.70. The zero-order chi connectivity index (χ0) is 24.2. The molecule has 2 heterocycles. The van der Waals surface area contributed by atoms with Crippen LogP contribution in [0.25, 0.3) is 0 Å². The van der Waals surface area contributed by atoms with E-state index in [-0.39, 0.29) is 28.6 Å². The van der Waals surface area contributed by atoms with E-state index < -0.39 is 11.7 Å². The molecule has 1 aliphatic heterocycles. The predicted molar refractivity (Wildman–Crippen MR) is 122 cm³/mol. The third-order valence-corrected chi connectivity index (χ3v) is 6.04. The van der Waals surface area contributed by atoms with Gasteiger partial charge >= 0.3 is 6.18 Å². The molecule has 1 aliphatic rings. The van der Waals surface area contributed by atoms with Crippen LogP contribution in [0.15, 0.2) is 36.5 Å². The highest BCUT2D eigenvalue weighted by Crippen LogP contribution is 2.34. The third kappa shape index (κ3) is 5.96. The van der Waals surface area contributed by atoms with E-state index in [9.17, 15) is 22.8 Å². The fourth-order valence-electron chi connectivity index (χ4n) is 3.81. The van der Waals surface area contributed by atoms with Crippen LogP contribution in [-0.2, 0) is 11.0 Å². The van der Waals surface area contributed by atoms with E-state index in [1.54, 1.807) is 34.1 Å². The van der Waals surface area contributed by atoms with Crippen LogP contribution in [0, 0.1) is 5.92 Å². The molecule has 6 nitrogen and oxygen atoms in total. The highest BCUT2D eigenvalue weighted by Gasteiger charge is 2.33. The molecule has 33 heavy (non-hydrogen) atoms. The number of anilines is 2. The molecule has 0 bridgehead atoms. The van der Waals surface area contributed by atoms with E-state index in [2.05, 4.69) is 10.3 Å². The molecule has 2 amide bonds. The van der Waals surface area contributed by atoms with Crippen molar-refractivity contribution in [2.24, 2.45) is 5.92 Å². The molecule has 0 atom stereocenters. The minimum atomic E-state index is -4.50. The van der Waals surface area contributed by atoms with Crippen molar-refractivity contribution in [3.63, 3.8) is 0 Å². The molecule has 1 N–H and O–H groups in total. The van der Waals surface area contributed by atoms with Gasteiger partial charge in [-0.15, -0.1) is 0 Å². The second kappa shape index (κ2) is 10.4. The van der Waals surface area contributed by atoms with E-state index >= 15 is 0 Å². The van der Waals surface area contributed by atoms with Crippen LogP contribution < -0.4 is 10.2 Å². The van der Waals surface area contributed by atoms with Gasteiger partial charge in [-0.05, 0) is 57.0 Å². The van der Waals surface area contributed by atoms with Gasteiger partial charge in [0, 0.05) is 49.5 Å². The minimum absolute atomic E-state index is 0.0548. The quantitative estimate of drug-likeness (QED) is 0.622. The van der Waals surface area contributed by atoms with Crippen molar-refractivity contribution in [1.82, 2.24) is 9.88 Å². The number of nitrogens with one attached hydrogen (secondary N) is 1. The van der Waals surface area contributed by atoms with Crippen LogP contribution in [0.2, 0.25) is 5.02 Å². The Bertz CT molecular complexity index is 986. The molecule has 0 aliphatic carbocycles. The summed E-state index contributed by atoms with van der Waals surface area (Å²) >= 11 is 6.04. The number of amides is 2. The molecule has 1 saturated heterocycles. The van der Waals surface area contributed by atoms with E-state index in [1.807, 2.05) is 13.8 Å². The van der Waals surface area contributed by atoms with Crippen molar-refractivity contribution < 1.29 is 22.8 Å². The average molecular weight is 483 g/mol. The van der Waals surface area contributed by atoms with Crippen LogP contribution in [-0.4, -0.2) is 47.9 Å². The smallest absolute Gasteiger partial charge is 0.355 e. The first-order chi connectivity index (χ1) is 15.6. The summed E-state index contributed by atoms with van der Waals surface area (Å²) in [5, 5.41) is 2.81. The van der Waals surface area contributed by atoms with Gasteiger partial charge in [0.25, 0.3) is 5.91 Å². The van der Waals surface area contributed by atoms with Crippen LogP contribution >= 0.6 is 11.6 Å². The first-order valence-electron chi connectivity index (χ1n) is 10.8. The summed E-state index contributed by atoms with van der Waals surface area (Å²) in [4.78, 5) is 32.5. The standard InChI is InChI=1S/C23H26ClF3N4O2/c1-3-30(4-2)22(33)16-5-7-18(8-6-16)29-21(32)15-9-11-31(12-10-15)20-19(24)13-17(14-28-20)23(25,26)27/h5-8,13-15H,3-4,9-12H2,1-2H3,(H,29,32). The summed E-state index contributed by atoms with van der Waals surface area (Å²) in [6.45, 7) is 5.99. The molecule has 0 unspecified atom stereocenters. The predicted octanol–water partition coefficient (Wildman–Crippen LogP) is 5.09. The summed E-state index contributed by atoms with van der Waals surface area (Å²) in [6, 6.07) is 7.66. The Morgan fingerprint density at radius 1 is 1.15 bits per heavy atom. The number of rotatable bonds is 6. The van der Waals surface area contributed by atoms with E-state index in [0.29, 0.717) is 50.3 Å². The molecule has 10 heteroatoms. The summed E-state index contributed by atoms with van der Waals surface area (Å²) in [7, 11) is 0. The number of carbonyl (C=O) groups is 2. The highest BCUT2D eigenvalue weighted by molar-refractivity contribution is 6.33. The number of hydrogen-bond donors (Lipinski definition) is 1. The van der Waals surface area contributed by atoms with E-state index in [1.165, 1.54) is 0 Å². The maximum absolute atomic E-state index is 12.8. The number of nitrogens with zero attached hydrogens (tertiary/aromatic N) is 3. The van der Waals surface area contributed by atoms with Gasteiger partial charge in [-0.3, -0.25) is 9.59 Å². The number of alkyl halides is 3. The lowest BCUT2D eigenvalue weighted by atomic mass is 9.95. The molecule has 1 aromatic heterocycles. The SMILES string of the molecule is CCN(CC)C(=O)c1ccc(NC(=O)C2CCN(c3ncc(C(F)(F)F)cc3Cl)CC2)cc1. The second-order valence-electron chi connectivity index (χ2n) is 7.83. The van der Waals surface area contributed by atoms with Crippen molar-refractivity contribution >= 4 is 34.9 Å². The molecule has 0 saturated carbocycles. The maximum Gasteiger partial charge on any atom is 0.417 e. The normalized spacial score (nSPS) is 14.8. The number of carbonyl (C=O) groups excluding carboxylic acids is 2. The number of pyridine rings is 1. The van der Waals surface area contributed by atoms with Gasteiger partial charge in [-0.2, -0.15) is 13.2 Å². The van der Waals surface area contributed by atoms with E-state index in [0.717, 1.165) is 12.3 Å². The van der Waals surface area contributed by atoms with Crippen molar-refractivity contribution in [2.75, 3.05) is 36.4 Å². The molecule has 0 spiro atoms. The number of benzene rings is 1. The van der Waals surface area contributed by atoms with Gasteiger partial charge in [0.15, 0.2) is 0 Å². The van der Waals surface area contributed by atoms with Crippen LogP contribution in [0.1, 0.15) is 42.6 Å². The van der Waals surface area contributed by atoms with Gasteiger partial charge < -0.3 is 15.1 Å². The number of piperidine rings is 1. The van der Waals surface area contributed by atoms with Crippen LogP contribution in [0.5, 0.6) is 0 Å². The lowest BCUT2D eigenvalue weighted by molar-refractivity contribution is -0.137. The first kappa shape index (κ1) is 24.8. The monoisotopic (exact) mass is 482 g/mol. The molecular weight excluding hydrogens is 457 g/mol. The lowest BCUT2D eigenvalue weighted by Gasteiger charge is -2.32. The molecule has 3 rings (SSSR count). The molecule has 0 radical (unpaired) electrons. The summed E-state index contributed by atoms with van der Waals surface area (Å²) in [5.74, 6) is -0.145. The largest absolute Gasteiger partial charge is 0.417 e. The van der Waals surface area contributed by atoms with Crippen molar-refractivity contribution in [3.8, 4) is 0 Å². The van der Waals surface area contributed by atoms with Gasteiger partial charge in [0.05, 0.1) is 10.6 Å². The molecule has 1 fully saturated rings. The fourth-order valence-corrected chi connectivity index (χ4v) is 4.09. The van der Waals surface area contributed by atoms with Gasteiger partial charge in [0.1, 0.15) is 5.82 Å². The fraction of sp³-hybridized carbons (Fsp3) is 0.435. The van der Waals surface area contributed by atoms with Crippen molar-refractivity contribution in [1.29, 1.82) is 0 Å². The molecule has 2 aromatic rings. The summed E-state index contributed by atoms with van der Waals surface area (Å²) in [5.41, 5.74) is 0.271. The number of aromatic nitrogens is 1. The zero-order valence-electron chi connectivity index (χ0n) is 18.5. The van der Waals surface area contributed by atoms with Crippen LogP contribution in [0.3, 0.4) is 0 Å². The third-order valence-electron chi connectivity index (χ3n) is 5.76. The highest BCUT2D eigenvalue weighted by atomic mass is 35.5. The Morgan fingerprint density at radius 2 is 1.76 bits per heavy atom. The Labute approximate surface area is 195 Å². The Morgan fingerprint density at radius 3 is 2.27 bits per heavy atom. The number of hydrogen-bond acceptors (Lipinski definition) is 4. The van der Waals surface area contributed by atoms with Crippen molar-refractivity contribution in [3.05, 3.63) is 52.7 Å². The van der Waals surface area contributed by atoms with Crippen LogP contribution in [0.4, 0.5) is 24.7 Å². The topological polar surface area (TPSA) is 65.5 Å². The Hall–Kier alpha value is -2.81. The van der Waals surface area contributed by atoms with Gasteiger partial charge in [-0.1, -0.05) is 11.6 Å². The molecule has 1 aromatic carbocycles. The van der Waals surface area contributed by atoms with Gasteiger partial charge in [-0.25, -0.2) is 4.98 Å². The zero-order valence-corrected chi connectivity index (χ0v) is 19.2.